The van der Waals surface area contributed by atoms with Crippen molar-refractivity contribution in [2.75, 3.05) is 5.32 Å². The first-order valence-electron chi connectivity index (χ1n) is 10.8. The standard InChI is InChI=1S/C27H15N3O4/c31-22-16-11-5-4-10-15(16)21-19(22)27(23(32)17-12-6-7-13-18(17)24(27)33)20-25(28-21)29-30(26(20)34)14-8-2-1-3-9-14/h1-13,28-29H. The zero-order chi connectivity index (χ0) is 23.2. The van der Waals surface area contributed by atoms with Crippen molar-refractivity contribution < 1.29 is 14.4 Å². The Hall–Kier alpha value is -4.78. The SMILES string of the molecule is O=C1C2=C(Nc3[nH]n(-c4ccccc4)c(=O)c3C23C(=O)c2ccccc2C3=O)c2ccccc21. The number of ketones is 3. The van der Waals surface area contributed by atoms with Gasteiger partial charge in [-0.2, -0.15) is 0 Å². The summed E-state index contributed by atoms with van der Waals surface area (Å²) in [6.07, 6.45) is 0. The summed E-state index contributed by atoms with van der Waals surface area (Å²) in [5.41, 5.74) is -0.314. The number of para-hydroxylation sites is 1. The number of carbonyl (C=O) groups is 3. The molecular weight excluding hydrogens is 430 g/mol. The molecule has 7 rings (SSSR count). The molecule has 1 aromatic heterocycles. The fraction of sp³-hybridized carbons (Fsp3) is 0.0370. The number of allylic oxidation sites excluding steroid dienone is 1. The van der Waals surface area contributed by atoms with E-state index in [9.17, 15) is 19.2 Å². The second-order valence-electron chi connectivity index (χ2n) is 8.54. The molecule has 0 radical (unpaired) electrons. The van der Waals surface area contributed by atoms with E-state index in [4.69, 9.17) is 0 Å². The zero-order valence-corrected chi connectivity index (χ0v) is 17.6. The fourth-order valence-corrected chi connectivity index (χ4v) is 5.49. The molecule has 3 aromatic carbocycles. The van der Waals surface area contributed by atoms with E-state index in [1.54, 1.807) is 72.8 Å². The van der Waals surface area contributed by atoms with Crippen LogP contribution in [0.2, 0.25) is 0 Å². The molecule has 1 spiro atoms. The summed E-state index contributed by atoms with van der Waals surface area (Å²) in [5.74, 6) is -1.31. The molecule has 0 saturated carbocycles. The van der Waals surface area contributed by atoms with Gasteiger partial charge in [-0.05, 0) is 12.1 Å². The summed E-state index contributed by atoms with van der Waals surface area (Å²) in [4.78, 5) is 55.7. The summed E-state index contributed by atoms with van der Waals surface area (Å²) in [7, 11) is 0. The first kappa shape index (κ1) is 18.8. The van der Waals surface area contributed by atoms with Gasteiger partial charge in [0.15, 0.2) is 22.8 Å². The van der Waals surface area contributed by atoms with Gasteiger partial charge < -0.3 is 5.32 Å². The molecule has 0 bridgehead atoms. The number of nitrogens with one attached hydrogen (secondary N) is 2. The maximum Gasteiger partial charge on any atom is 0.278 e. The van der Waals surface area contributed by atoms with Crippen molar-refractivity contribution in [1.82, 2.24) is 9.78 Å². The summed E-state index contributed by atoms with van der Waals surface area (Å²) in [6.45, 7) is 0. The summed E-state index contributed by atoms with van der Waals surface area (Å²) < 4.78 is 1.29. The second-order valence-corrected chi connectivity index (χ2v) is 8.54. The molecule has 7 nitrogen and oxygen atoms in total. The summed E-state index contributed by atoms with van der Waals surface area (Å²) >= 11 is 0. The third kappa shape index (κ3) is 1.98. The molecule has 0 amide bonds. The second kappa shape index (κ2) is 6.17. The highest BCUT2D eigenvalue weighted by atomic mass is 16.2. The van der Waals surface area contributed by atoms with Crippen LogP contribution in [0.3, 0.4) is 0 Å². The Kier molecular flexibility index (Phi) is 3.40. The minimum atomic E-state index is -2.05. The van der Waals surface area contributed by atoms with Gasteiger partial charge in [0.25, 0.3) is 5.56 Å². The van der Waals surface area contributed by atoms with Crippen LogP contribution in [0.4, 0.5) is 5.82 Å². The minimum absolute atomic E-state index is 0.0173. The van der Waals surface area contributed by atoms with Gasteiger partial charge in [0.2, 0.25) is 0 Å². The van der Waals surface area contributed by atoms with E-state index in [0.29, 0.717) is 22.5 Å². The number of Topliss-reactive ketones (excluding diaryl/α,β-unsaturated/α-hetero) is 3. The van der Waals surface area contributed by atoms with Crippen LogP contribution < -0.4 is 10.9 Å². The topological polar surface area (TPSA) is 101 Å². The Morgan fingerprint density at radius 2 is 1.21 bits per heavy atom. The highest BCUT2D eigenvalue weighted by molar-refractivity contribution is 6.42. The monoisotopic (exact) mass is 445 g/mol. The van der Waals surface area contributed by atoms with Crippen molar-refractivity contribution in [3.8, 4) is 5.69 Å². The van der Waals surface area contributed by atoms with Gasteiger partial charge in [0, 0.05) is 22.3 Å². The number of H-pyrrole nitrogens is 1. The molecule has 3 aliphatic rings. The minimum Gasteiger partial charge on any atom is -0.339 e. The lowest BCUT2D eigenvalue weighted by Crippen LogP contribution is -2.48. The molecule has 0 saturated heterocycles. The average Bonchev–Trinajstić information content (AvgIpc) is 3.44. The van der Waals surface area contributed by atoms with Gasteiger partial charge >= 0.3 is 0 Å². The molecule has 1 aliphatic heterocycles. The zero-order valence-electron chi connectivity index (χ0n) is 17.6. The van der Waals surface area contributed by atoms with E-state index in [-0.39, 0.29) is 28.1 Å². The lowest BCUT2D eigenvalue weighted by molar-refractivity contribution is 0.0800. The molecule has 162 valence electrons. The van der Waals surface area contributed by atoms with Crippen molar-refractivity contribution in [3.05, 3.63) is 123 Å². The van der Waals surface area contributed by atoms with Crippen LogP contribution in [0.25, 0.3) is 11.4 Å². The maximum absolute atomic E-state index is 14.1. The Labute approximate surface area is 192 Å². The number of aromatic nitrogens is 2. The van der Waals surface area contributed by atoms with Gasteiger partial charge in [-0.15, -0.1) is 0 Å². The Morgan fingerprint density at radius 1 is 0.647 bits per heavy atom. The number of carbonyl (C=O) groups excluding carboxylic acids is 3. The maximum atomic E-state index is 14.1. The fourth-order valence-electron chi connectivity index (χ4n) is 5.49. The normalized spacial score (nSPS) is 16.9. The third-order valence-corrected chi connectivity index (χ3v) is 6.92. The highest BCUT2D eigenvalue weighted by Crippen LogP contribution is 2.54. The van der Waals surface area contributed by atoms with Crippen molar-refractivity contribution >= 4 is 28.9 Å². The van der Waals surface area contributed by atoms with E-state index in [2.05, 4.69) is 10.4 Å². The van der Waals surface area contributed by atoms with Gasteiger partial charge in [-0.25, -0.2) is 4.68 Å². The lowest BCUT2D eigenvalue weighted by Gasteiger charge is -2.31. The van der Waals surface area contributed by atoms with Crippen LogP contribution in [-0.2, 0) is 5.41 Å². The number of fused-ring (bicyclic) bond motifs is 6. The predicted molar refractivity (Wildman–Crippen MR) is 124 cm³/mol. The van der Waals surface area contributed by atoms with Crippen molar-refractivity contribution in [1.29, 1.82) is 0 Å². The third-order valence-electron chi connectivity index (χ3n) is 6.92. The molecule has 2 N–H and O–H groups in total. The molecule has 7 heteroatoms. The number of benzene rings is 3. The number of aromatic amines is 1. The van der Waals surface area contributed by atoms with Crippen LogP contribution in [-0.4, -0.2) is 27.1 Å². The van der Waals surface area contributed by atoms with Crippen LogP contribution >= 0.6 is 0 Å². The Balaban J connectivity index is 1.61. The van der Waals surface area contributed by atoms with Crippen molar-refractivity contribution in [2.24, 2.45) is 0 Å². The molecule has 4 aromatic rings. The summed E-state index contributed by atoms with van der Waals surface area (Å²) in [6, 6.07) is 22.3. The molecule has 34 heavy (non-hydrogen) atoms. The van der Waals surface area contributed by atoms with Crippen molar-refractivity contribution in [3.63, 3.8) is 0 Å². The van der Waals surface area contributed by atoms with E-state index in [1.807, 2.05) is 6.07 Å². The first-order valence-corrected chi connectivity index (χ1v) is 10.8. The number of hydrogen-bond donors (Lipinski definition) is 2. The molecule has 0 fully saturated rings. The Bertz CT molecular complexity index is 1670. The van der Waals surface area contributed by atoms with Crippen LogP contribution in [0.1, 0.15) is 42.2 Å². The van der Waals surface area contributed by atoms with Crippen molar-refractivity contribution in [2.45, 2.75) is 5.41 Å². The van der Waals surface area contributed by atoms with E-state index in [1.165, 1.54) is 4.68 Å². The smallest absolute Gasteiger partial charge is 0.278 e. The Morgan fingerprint density at radius 3 is 1.85 bits per heavy atom. The largest absolute Gasteiger partial charge is 0.339 e. The van der Waals surface area contributed by atoms with Gasteiger partial charge in [0.05, 0.1) is 22.5 Å². The summed E-state index contributed by atoms with van der Waals surface area (Å²) in [5, 5.41) is 6.21. The number of anilines is 1. The molecule has 0 atom stereocenters. The van der Waals surface area contributed by atoms with Gasteiger partial charge in [-0.1, -0.05) is 66.7 Å². The lowest BCUT2D eigenvalue weighted by atomic mass is 9.68. The first-order chi connectivity index (χ1) is 16.5. The number of rotatable bonds is 1. The van der Waals surface area contributed by atoms with Gasteiger partial charge in [-0.3, -0.25) is 24.3 Å². The highest BCUT2D eigenvalue weighted by Gasteiger charge is 2.64. The van der Waals surface area contributed by atoms with E-state index in [0.717, 1.165) is 0 Å². The quantitative estimate of drug-likeness (QED) is 0.437. The molecular formula is C27H15N3O4. The number of nitrogens with zero attached hydrogens (tertiary/aromatic N) is 1. The van der Waals surface area contributed by atoms with Crippen LogP contribution in [0.5, 0.6) is 0 Å². The van der Waals surface area contributed by atoms with Crippen LogP contribution in [0, 0.1) is 0 Å². The predicted octanol–water partition coefficient (Wildman–Crippen LogP) is 3.52. The average molecular weight is 445 g/mol. The molecule has 2 aliphatic carbocycles. The molecule has 0 unspecified atom stereocenters. The van der Waals surface area contributed by atoms with Crippen LogP contribution in [0.15, 0.2) is 89.2 Å². The van der Waals surface area contributed by atoms with Gasteiger partial charge in [0.1, 0.15) is 5.82 Å². The molecule has 2 heterocycles. The van der Waals surface area contributed by atoms with E-state index >= 15 is 0 Å². The number of hydrogen-bond acceptors (Lipinski definition) is 5. The van der Waals surface area contributed by atoms with E-state index < -0.39 is 28.3 Å².